The molecule has 0 unspecified atom stereocenters. The second-order valence-corrected chi connectivity index (χ2v) is 4.41. The average molecular weight is 230 g/mol. The Bertz CT molecular complexity index is 379. The first-order valence-electron chi connectivity index (χ1n) is 4.39. The van der Waals surface area contributed by atoms with Crippen LogP contribution in [0.3, 0.4) is 0 Å². The van der Waals surface area contributed by atoms with Crippen LogP contribution in [0.25, 0.3) is 0 Å². The highest BCUT2D eigenvalue weighted by molar-refractivity contribution is 6.32. The van der Waals surface area contributed by atoms with Crippen LogP contribution in [-0.2, 0) is 10.2 Å². The Hall–Kier alpha value is -0.600. The number of rotatable bonds is 2. The fraction of sp³-hybridized carbons (Fsp3) is 0.400. The number of halogens is 2. The monoisotopic (exact) mass is 229 g/mol. The van der Waals surface area contributed by atoms with Crippen molar-refractivity contribution in [2.24, 2.45) is 0 Å². The van der Waals surface area contributed by atoms with E-state index in [1.807, 2.05) is 0 Å². The second-order valence-electron chi connectivity index (χ2n) is 3.64. The number of pyridine rings is 1. The zero-order valence-corrected chi connectivity index (χ0v) is 9.19. The van der Waals surface area contributed by atoms with Gasteiger partial charge in [0, 0.05) is 0 Å². The molecule has 1 aliphatic carbocycles. The van der Waals surface area contributed by atoms with Gasteiger partial charge in [-0.05, 0) is 37.5 Å². The Morgan fingerprint density at radius 2 is 1.86 bits per heavy atom. The van der Waals surface area contributed by atoms with E-state index in [0.29, 0.717) is 10.3 Å². The zero-order valence-electron chi connectivity index (χ0n) is 7.68. The molecule has 1 aromatic heterocycles. The van der Waals surface area contributed by atoms with Crippen molar-refractivity contribution >= 4 is 29.0 Å². The first kappa shape index (κ1) is 9.94. The molecule has 74 valence electrons. The van der Waals surface area contributed by atoms with Crippen molar-refractivity contribution in [1.29, 1.82) is 0 Å². The maximum atomic E-state index is 11.4. The Balaban J connectivity index is 2.47. The van der Waals surface area contributed by atoms with Gasteiger partial charge in [0.25, 0.3) is 0 Å². The van der Waals surface area contributed by atoms with Crippen LogP contribution in [0.2, 0.25) is 10.3 Å². The number of carbonyl (C=O) groups excluding carboxylic acids is 1. The van der Waals surface area contributed by atoms with Crippen molar-refractivity contribution in [2.45, 2.75) is 25.2 Å². The molecule has 0 atom stereocenters. The summed E-state index contributed by atoms with van der Waals surface area (Å²) in [6, 6.07) is 3.45. The van der Waals surface area contributed by atoms with Crippen LogP contribution in [0.15, 0.2) is 12.1 Å². The van der Waals surface area contributed by atoms with E-state index in [4.69, 9.17) is 23.2 Å². The Morgan fingerprint density at radius 1 is 1.36 bits per heavy atom. The normalized spacial score (nSPS) is 17.9. The molecule has 1 aliphatic rings. The van der Waals surface area contributed by atoms with Gasteiger partial charge in [-0.15, -0.1) is 0 Å². The van der Waals surface area contributed by atoms with Crippen LogP contribution < -0.4 is 0 Å². The summed E-state index contributed by atoms with van der Waals surface area (Å²) in [6.45, 7) is 1.61. The lowest BCUT2D eigenvalue weighted by atomic mass is 9.93. The highest BCUT2D eigenvalue weighted by atomic mass is 35.5. The number of carbonyl (C=O) groups is 1. The van der Waals surface area contributed by atoms with Gasteiger partial charge in [-0.3, -0.25) is 4.79 Å². The maximum absolute atomic E-state index is 11.4. The van der Waals surface area contributed by atoms with Crippen molar-refractivity contribution in [2.75, 3.05) is 0 Å². The van der Waals surface area contributed by atoms with Gasteiger partial charge < -0.3 is 0 Å². The van der Waals surface area contributed by atoms with Crippen LogP contribution in [0.5, 0.6) is 0 Å². The third-order valence-corrected chi connectivity index (χ3v) is 3.13. The molecule has 0 spiro atoms. The third kappa shape index (κ3) is 1.53. The van der Waals surface area contributed by atoms with Crippen LogP contribution in [0, 0.1) is 0 Å². The Kier molecular flexibility index (Phi) is 2.28. The third-order valence-electron chi connectivity index (χ3n) is 2.74. The molecule has 1 heterocycles. The molecule has 0 aromatic carbocycles. The minimum Gasteiger partial charge on any atom is -0.299 e. The molecule has 4 heteroatoms. The number of nitrogens with zero attached hydrogens (tertiary/aromatic N) is 1. The lowest BCUT2D eigenvalue weighted by Gasteiger charge is -2.11. The maximum Gasteiger partial charge on any atom is 0.140 e. The minimum absolute atomic E-state index is 0.177. The number of hydrogen-bond donors (Lipinski definition) is 0. The molecule has 0 radical (unpaired) electrons. The smallest absolute Gasteiger partial charge is 0.140 e. The largest absolute Gasteiger partial charge is 0.299 e. The standard InChI is InChI=1S/C10H9Cl2NO/c1-6(14)10(2-3-10)7-4-8(11)13-9(12)5-7/h4-5H,2-3H2,1H3. The van der Waals surface area contributed by atoms with E-state index < -0.39 is 0 Å². The van der Waals surface area contributed by atoms with Gasteiger partial charge in [0.15, 0.2) is 0 Å². The van der Waals surface area contributed by atoms with Crippen LogP contribution in [0.1, 0.15) is 25.3 Å². The molecule has 2 rings (SSSR count). The summed E-state index contributed by atoms with van der Waals surface area (Å²) in [5.41, 5.74) is 0.575. The average Bonchev–Trinajstić information content (AvgIpc) is 2.81. The predicted octanol–water partition coefficient (Wildman–Crippen LogP) is 3.01. The molecule has 0 amide bonds. The van der Waals surface area contributed by atoms with Crippen molar-refractivity contribution in [3.05, 3.63) is 28.0 Å². The summed E-state index contributed by atoms with van der Waals surface area (Å²) in [5.74, 6) is 0.177. The lowest BCUT2D eigenvalue weighted by Crippen LogP contribution is -2.16. The van der Waals surface area contributed by atoms with Gasteiger partial charge in [-0.2, -0.15) is 0 Å². The number of Topliss-reactive ketones (excluding diaryl/α,β-unsaturated/α-hetero) is 1. The fourth-order valence-corrected chi connectivity index (χ4v) is 2.17. The highest BCUT2D eigenvalue weighted by Crippen LogP contribution is 2.49. The number of aromatic nitrogens is 1. The Labute approximate surface area is 92.2 Å². The molecule has 0 bridgehead atoms. The zero-order chi connectivity index (χ0) is 10.3. The molecule has 0 N–H and O–H groups in total. The van der Waals surface area contributed by atoms with Gasteiger partial charge in [-0.1, -0.05) is 23.2 Å². The molecular formula is C10H9Cl2NO. The summed E-state index contributed by atoms with van der Waals surface area (Å²) in [4.78, 5) is 15.3. The van der Waals surface area contributed by atoms with Gasteiger partial charge in [0.2, 0.25) is 0 Å². The molecule has 0 saturated heterocycles. The van der Waals surface area contributed by atoms with Gasteiger partial charge in [0.05, 0.1) is 5.41 Å². The lowest BCUT2D eigenvalue weighted by molar-refractivity contribution is -0.119. The fourth-order valence-electron chi connectivity index (χ4n) is 1.71. The summed E-state index contributed by atoms with van der Waals surface area (Å²) < 4.78 is 0. The second kappa shape index (κ2) is 3.21. The van der Waals surface area contributed by atoms with E-state index in [1.54, 1.807) is 19.1 Å². The molecule has 0 aliphatic heterocycles. The van der Waals surface area contributed by atoms with Crippen molar-refractivity contribution in [3.63, 3.8) is 0 Å². The number of ketones is 1. The van der Waals surface area contributed by atoms with Gasteiger partial charge in [-0.25, -0.2) is 4.98 Å². The van der Waals surface area contributed by atoms with E-state index in [0.717, 1.165) is 18.4 Å². The Morgan fingerprint density at radius 3 is 2.21 bits per heavy atom. The van der Waals surface area contributed by atoms with Crippen molar-refractivity contribution < 1.29 is 4.79 Å². The molecular weight excluding hydrogens is 221 g/mol. The minimum atomic E-state index is -0.323. The first-order valence-corrected chi connectivity index (χ1v) is 5.15. The van der Waals surface area contributed by atoms with Crippen molar-refractivity contribution in [1.82, 2.24) is 4.98 Å². The predicted molar refractivity (Wildman–Crippen MR) is 55.9 cm³/mol. The van der Waals surface area contributed by atoms with E-state index in [1.165, 1.54) is 0 Å². The summed E-state index contributed by atoms with van der Waals surface area (Å²) >= 11 is 11.6. The summed E-state index contributed by atoms with van der Waals surface area (Å²) in [6.07, 6.45) is 1.78. The van der Waals surface area contributed by atoms with Crippen molar-refractivity contribution in [3.8, 4) is 0 Å². The van der Waals surface area contributed by atoms with E-state index in [2.05, 4.69) is 4.98 Å². The molecule has 1 fully saturated rings. The SMILES string of the molecule is CC(=O)C1(c2cc(Cl)nc(Cl)c2)CC1. The topological polar surface area (TPSA) is 30.0 Å². The van der Waals surface area contributed by atoms with Gasteiger partial charge >= 0.3 is 0 Å². The molecule has 1 saturated carbocycles. The first-order chi connectivity index (χ1) is 6.54. The van der Waals surface area contributed by atoms with Crippen LogP contribution >= 0.6 is 23.2 Å². The van der Waals surface area contributed by atoms with Crippen LogP contribution in [-0.4, -0.2) is 10.8 Å². The quantitative estimate of drug-likeness (QED) is 0.731. The molecule has 1 aromatic rings. The summed E-state index contributed by atoms with van der Waals surface area (Å²) in [7, 11) is 0. The van der Waals surface area contributed by atoms with E-state index in [9.17, 15) is 4.79 Å². The van der Waals surface area contributed by atoms with Crippen LogP contribution in [0.4, 0.5) is 0 Å². The van der Waals surface area contributed by atoms with E-state index >= 15 is 0 Å². The molecule has 2 nitrogen and oxygen atoms in total. The summed E-state index contributed by atoms with van der Waals surface area (Å²) in [5, 5.41) is 0.694. The van der Waals surface area contributed by atoms with Gasteiger partial charge in [0.1, 0.15) is 16.1 Å². The van der Waals surface area contributed by atoms with E-state index in [-0.39, 0.29) is 11.2 Å². The highest BCUT2D eigenvalue weighted by Gasteiger charge is 2.49. The molecule has 14 heavy (non-hydrogen) atoms. The number of hydrogen-bond acceptors (Lipinski definition) is 2.